The molecule has 2 N–H and O–H groups in total. The van der Waals surface area contributed by atoms with Gasteiger partial charge in [-0.15, -0.1) is 0 Å². The molecule has 3 unspecified atom stereocenters. The Kier molecular flexibility index (Phi) is 3.02. The van der Waals surface area contributed by atoms with Crippen LogP contribution in [0.1, 0.15) is 44.7 Å². The van der Waals surface area contributed by atoms with Crippen LogP contribution >= 0.6 is 0 Å². The monoisotopic (exact) mass is 265 g/mol. The zero-order valence-corrected chi connectivity index (χ0v) is 11.4. The van der Waals surface area contributed by atoms with Crippen molar-refractivity contribution < 1.29 is 13.9 Å². The van der Waals surface area contributed by atoms with E-state index in [-0.39, 0.29) is 29.7 Å². The largest absolute Gasteiger partial charge is 0.487 e. The van der Waals surface area contributed by atoms with Crippen molar-refractivity contribution in [3.05, 3.63) is 29.6 Å². The van der Waals surface area contributed by atoms with Gasteiger partial charge >= 0.3 is 0 Å². The van der Waals surface area contributed by atoms with Crippen LogP contribution < -0.4 is 10.5 Å². The molecule has 2 aliphatic rings. The van der Waals surface area contributed by atoms with Gasteiger partial charge in [0.25, 0.3) is 0 Å². The van der Waals surface area contributed by atoms with E-state index in [9.17, 15) is 4.39 Å². The number of nitrogens with two attached hydrogens (primary N) is 1. The molecule has 19 heavy (non-hydrogen) atoms. The standard InChI is InChI=1S/C15H20FNO2/c1-9-6-15(7-10(2)18-9)8-13(17)12-4-3-11(16)5-14(12)19-15/h3-5,9-10,13H,6-8,17H2,1-2H3. The average Bonchev–Trinajstić information content (AvgIpc) is 2.25. The number of hydrogen-bond acceptors (Lipinski definition) is 3. The normalized spacial score (nSPS) is 37.8. The first-order valence-electron chi connectivity index (χ1n) is 6.87. The Bertz CT molecular complexity index is 481. The van der Waals surface area contributed by atoms with Crippen LogP contribution in [-0.2, 0) is 4.74 Å². The van der Waals surface area contributed by atoms with Crippen molar-refractivity contribution in [1.82, 2.24) is 0 Å². The lowest BCUT2D eigenvalue weighted by molar-refractivity contribution is -0.129. The maximum Gasteiger partial charge on any atom is 0.127 e. The SMILES string of the molecule is CC1CC2(CC(C)O1)CC(N)c1ccc(F)cc1O2. The minimum atomic E-state index is -0.308. The smallest absolute Gasteiger partial charge is 0.127 e. The van der Waals surface area contributed by atoms with Crippen LogP contribution in [0.2, 0.25) is 0 Å². The number of fused-ring (bicyclic) bond motifs is 1. The molecule has 104 valence electrons. The first-order chi connectivity index (χ1) is 8.97. The molecule has 1 spiro atoms. The van der Waals surface area contributed by atoms with Gasteiger partial charge in [-0.1, -0.05) is 6.07 Å². The molecule has 4 heteroatoms. The van der Waals surface area contributed by atoms with E-state index in [1.165, 1.54) is 12.1 Å². The van der Waals surface area contributed by atoms with Crippen molar-refractivity contribution in [3.63, 3.8) is 0 Å². The van der Waals surface area contributed by atoms with Crippen LogP contribution in [0.3, 0.4) is 0 Å². The van der Waals surface area contributed by atoms with Crippen molar-refractivity contribution in [2.24, 2.45) is 5.73 Å². The third-order valence-electron chi connectivity index (χ3n) is 4.08. The molecular formula is C15H20FNO2. The van der Waals surface area contributed by atoms with Crippen LogP contribution in [0.4, 0.5) is 4.39 Å². The third kappa shape index (κ3) is 2.35. The highest BCUT2D eigenvalue weighted by Crippen LogP contribution is 2.45. The van der Waals surface area contributed by atoms with Crippen LogP contribution in [0.25, 0.3) is 0 Å². The second kappa shape index (κ2) is 4.46. The molecule has 1 aromatic rings. The minimum Gasteiger partial charge on any atom is -0.487 e. The summed E-state index contributed by atoms with van der Waals surface area (Å²) in [6.45, 7) is 4.10. The molecule has 1 fully saturated rings. The van der Waals surface area contributed by atoms with Crippen LogP contribution in [-0.4, -0.2) is 17.8 Å². The summed E-state index contributed by atoms with van der Waals surface area (Å²) < 4.78 is 25.3. The molecule has 0 radical (unpaired) electrons. The Hall–Kier alpha value is -1.13. The summed E-state index contributed by atoms with van der Waals surface area (Å²) in [5.74, 6) is 0.316. The fourth-order valence-corrected chi connectivity index (χ4v) is 3.56. The number of ether oxygens (including phenoxy) is 2. The number of rotatable bonds is 0. The molecule has 3 rings (SSSR count). The fourth-order valence-electron chi connectivity index (χ4n) is 3.56. The topological polar surface area (TPSA) is 44.5 Å². The minimum absolute atomic E-state index is 0.0955. The van der Waals surface area contributed by atoms with Gasteiger partial charge in [-0.25, -0.2) is 4.39 Å². The van der Waals surface area contributed by atoms with Gasteiger partial charge in [0.05, 0.1) is 12.2 Å². The molecule has 3 nitrogen and oxygen atoms in total. The summed E-state index contributed by atoms with van der Waals surface area (Å²) in [6, 6.07) is 4.52. The van der Waals surface area contributed by atoms with Gasteiger partial charge in [-0.05, 0) is 19.9 Å². The Balaban J connectivity index is 1.95. The Labute approximate surface area is 112 Å². The summed E-state index contributed by atoms with van der Waals surface area (Å²) in [7, 11) is 0. The summed E-state index contributed by atoms with van der Waals surface area (Å²) in [5.41, 5.74) is 6.84. The predicted octanol–water partition coefficient (Wildman–Crippen LogP) is 2.93. The van der Waals surface area contributed by atoms with Crippen molar-refractivity contribution >= 4 is 0 Å². The summed E-state index contributed by atoms with van der Waals surface area (Å²) in [5, 5.41) is 0. The van der Waals surface area contributed by atoms with Crippen molar-refractivity contribution in [1.29, 1.82) is 0 Å². The molecule has 2 heterocycles. The lowest BCUT2D eigenvalue weighted by Gasteiger charge is -2.47. The van der Waals surface area contributed by atoms with Crippen molar-refractivity contribution in [3.8, 4) is 5.75 Å². The molecule has 0 amide bonds. The van der Waals surface area contributed by atoms with E-state index in [2.05, 4.69) is 0 Å². The highest BCUT2D eigenvalue weighted by atomic mass is 19.1. The molecule has 1 aromatic carbocycles. The van der Waals surface area contributed by atoms with Gasteiger partial charge in [-0.3, -0.25) is 0 Å². The number of halogens is 1. The predicted molar refractivity (Wildman–Crippen MR) is 70.5 cm³/mol. The fraction of sp³-hybridized carbons (Fsp3) is 0.600. The highest BCUT2D eigenvalue weighted by molar-refractivity contribution is 5.39. The summed E-state index contributed by atoms with van der Waals surface area (Å²) in [6.07, 6.45) is 2.67. The number of hydrogen-bond donors (Lipinski definition) is 1. The lowest BCUT2D eigenvalue weighted by atomic mass is 9.79. The maximum absolute atomic E-state index is 13.4. The molecule has 0 aliphatic carbocycles. The molecule has 3 atom stereocenters. The second-order valence-electron chi connectivity index (χ2n) is 5.94. The zero-order valence-electron chi connectivity index (χ0n) is 11.4. The van der Waals surface area contributed by atoms with Crippen molar-refractivity contribution in [2.45, 2.75) is 57.0 Å². The first-order valence-corrected chi connectivity index (χ1v) is 6.87. The Morgan fingerprint density at radius 3 is 2.58 bits per heavy atom. The van der Waals surface area contributed by atoms with Gasteiger partial charge < -0.3 is 15.2 Å². The van der Waals surface area contributed by atoms with E-state index in [0.29, 0.717) is 5.75 Å². The molecule has 0 aromatic heterocycles. The van der Waals surface area contributed by atoms with E-state index in [1.807, 2.05) is 13.8 Å². The van der Waals surface area contributed by atoms with E-state index in [4.69, 9.17) is 15.2 Å². The number of benzene rings is 1. The van der Waals surface area contributed by atoms with Gasteiger partial charge in [-0.2, -0.15) is 0 Å². The second-order valence-corrected chi connectivity index (χ2v) is 5.94. The van der Waals surface area contributed by atoms with E-state index < -0.39 is 0 Å². The van der Waals surface area contributed by atoms with Gasteiger partial charge in [0.15, 0.2) is 0 Å². The molecule has 1 saturated heterocycles. The van der Waals surface area contributed by atoms with Gasteiger partial charge in [0.2, 0.25) is 0 Å². The van der Waals surface area contributed by atoms with E-state index >= 15 is 0 Å². The van der Waals surface area contributed by atoms with Crippen LogP contribution in [0, 0.1) is 5.82 Å². The summed E-state index contributed by atoms with van der Waals surface area (Å²) >= 11 is 0. The highest BCUT2D eigenvalue weighted by Gasteiger charge is 2.45. The molecule has 0 saturated carbocycles. The van der Waals surface area contributed by atoms with Gasteiger partial charge in [0.1, 0.15) is 17.2 Å². The third-order valence-corrected chi connectivity index (χ3v) is 4.08. The van der Waals surface area contributed by atoms with Gasteiger partial charge in [0, 0.05) is 36.9 Å². The Morgan fingerprint density at radius 2 is 1.89 bits per heavy atom. The molecule has 0 bridgehead atoms. The zero-order chi connectivity index (χ0) is 13.6. The average molecular weight is 265 g/mol. The quantitative estimate of drug-likeness (QED) is 0.784. The van der Waals surface area contributed by atoms with Crippen molar-refractivity contribution in [2.75, 3.05) is 0 Å². The first kappa shape index (κ1) is 12.9. The van der Waals surface area contributed by atoms with E-state index in [1.54, 1.807) is 6.07 Å². The lowest BCUT2D eigenvalue weighted by Crippen LogP contribution is -2.51. The van der Waals surface area contributed by atoms with Crippen LogP contribution in [0.5, 0.6) is 5.75 Å². The van der Waals surface area contributed by atoms with Crippen LogP contribution in [0.15, 0.2) is 18.2 Å². The Morgan fingerprint density at radius 1 is 1.21 bits per heavy atom. The molecular weight excluding hydrogens is 245 g/mol. The molecule has 2 aliphatic heterocycles. The summed E-state index contributed by atoms with van der Waals surface area (Å²) in [4.78, 5) is 0. The van der Waals surface area contributed by atoms with E-state index in [0.717, 1.165) is 24.8 Å². The maximum atomic E-state index is 13.4.